The second kappa shape index (κ2) is 3.92. The van der Waals surface area contributed by atoms with Gasteiger partial charge in [0.2, 0.25) is 10.0 Å². The SMILES string of the molecule is Cc1c(Br)cc(C(=O)O)cc1S(N)(=O)=O. The summed E-state index contributed by atoms with van der Waals surface area (Å²) in [5.41, 5.74) is 0.263. The van der Waals surface area contributed by atoms with E-state index in [1.807, 2.05) is 0 Å². The lowest BCUT2D eigenvalue weighted by molar-refractivity contribution is 0.0696. The van der Waals surface area contributed by atoms with Crippen LogP contribution in [0, 0.1) is 6.92 Å². The van der Waals surface area contributed by atoms with Crippen molar-refractivity contribution in [1.82, 2.24) is 0 Å². The lowest BCUT2D eigenvalue weighted by atomic mass is 10.1. The van der Waals surface area contributed by atoms with E-state index < -0.39 is 16.0 Å². The molecule has 7 heteroatoms. The zero-order valence-corrected chi connectivity index (χ0v) is 10.1. The predicted molar refractivity (Wildman–Crippen MR) is 57.2 cm³/mol. The Morgan fingerprint density at radius 1 is 1.47 bits per heavy atom. The van der Waals surface area contributed by atoms with Gasteiger partial charge in [0.25, 0.3) is 0 Å². The fourth-order valence-corrected chi connectivity index (χ4v) is 2.49. The maximum atomic E-state index is 11.1. The zero-order chi connectivity index (χ0) is 11.8. The number of nitrogens with two attached hydrogens (primary N) is 1. The number of primary sulfonamides is 1. The molecule has 0 spiro atoms. The third-order valence-electron chi connectivity index (χ3n) is 1.85. The van der Waals surface area contributed by atoms with Crippen LogP contribution in [0.4, 0.5) is 0 Å². The minimum atomic E-state index is -3.91. The molecule has 1 aromatic rings. The van der Waals surface area contributed by atoms with Crippen LogP contribution in [-0.2, 0) is 10.0 Å². The first kappa shape index (κ1) is 12.2. The molecule has 82 valence electrons. The number of halogens is 1. The topological polar surface area (TPSA) is 97.5 Å². The van der Waals surface area contributed by atoms with Gasteiger partial charge >= 0.3 is 5.97 Å². The highest BCUT2D eigenvalue weighted by Crippen LogP contribution is 2.24. The van der Waals surface area contributed by atoms with Crippen LogP contribution in [0.5, 0.6) is 0 Å². The second-order valence-electron chi connectivity index (χ2n) is 2.93. The standard InChI is InChI=1S/C8H8BrNO4S/c1-4-6(9)2-5(8(11)12)3-7(4)15(10,13)14/h2-3H,1H3,(H,11,12)(H2,10,13,14). The lowest BCUT2D eigenvalue weighted by Crippen LogP contribution is -2.15. The summed E-state index contributed by atoms with van der Waals surface area (Å²) < 4.78 is 22.7. The highest BCUT2D eigenvalue weighted by molar-refractivity contribution is 9.10. The van der Waals surface area contributed by atoms with Gasteiger partial charge in [-0.25, -0.2) is 18.4 Å². The fraction of sp³-hybridized carbons (Fsp3) is 0.125. The smallest absolute Gasteiger partial charge is 0.335 e. The van der Waals surface area contributed by atoms with Gasteiger partial charge in [0, 0.05) is 4.47 Å². The molecule has 1 rings (SSSR count). The summed E-state index contributed by atoms with van der Waals surface area (Å²) in [4.78, 5) is 10.5. The highest BCUT2D eigenvalue weighted by Gasteiger charge is 2.17. The number of sulfonamides is 1. The number of aromatic carboxylic acids is 1. The molecule has 0 saturated carbocycles. The summed E-state index contributed by atoms with van der Waals surface area (Å²) in [7, 11) is -3.91. The molecule has 0 amide bonds. The first-order valence-corrected chi connectivity index (χ1v) is 6.13. The average Bonchev–Trinajstić information content (AvgIpc) is 2.06. The largest absolute Gasteiger partial charge is 0.478 e. The summed E-state index contributed by atoms with van der Waals surface area (Å²) in [6.45, 7) is 1.54. The highest BCUT2D eigenvalue weighted by atomic mass is 79.9. The van der Waals surface area contributed by atoms with Crippen LogP contribution in [-0.4, -0.2) is 19.5 Å². The van der Waals surface area contributed by atoms with Crippen molar-refractivity contribution in [2.24, 2.45) is 5.14 Å². The van der Waals surface area contributed by atoms with E-state index in [4.69, 9.17) is 10.2 Å². The van der Waals surface area contributed by atoms with E-state index in [9.17, 15) is 13.2 Å². The van der Waals surface area contributed by atoms with E-state index in [0.717, 1.165) is 6.07 Å². The van der Waals surface area contributed by atoms with Gasteiger partial charge < -0.3 is 5.11 Å². The lowest BCUT2D eigenvalue weighted by Gasteiger charge is -2.06. The van der Waals surface area contributed by atoms with Crippen molar-refractivity contribution in [3.8, 4) is 0 Å². The van der Waals surface area contributed by atoms with Crippen LogP contribution in [0.3, 0.4) is 0 Å². The maximum absolute atomic E-state index is 11.1. The summed E-state index contributed by atoms with van der Waals surface area (Å²) in [6.07, 6.45) is 0. The third kappa shape index (κ3) is 2.55. The number of carbonyl (C=O) groups is 1. The van der Waals surface area contributed by atoms with Crippen molar-refractivity contribution < 1.29 is 18.3 Å². The first-order chi connectivity index (χ1) is 6.73. The molecule has 0 saturated heterocycles. The molecule has 0 aliphatic heterocycles. The van der Waals surface area contributed by atoms with E-state index in [-0.39, 0.29) is 10.5 Å². The Labute approximate surface area is 95.1 Å². The third-order valence-corrected chi connectivity index (χ3v) is 3.71. The maximum Gasteiger partial charge on any atom is 0.335 e. The van der Waals surface area contributed by atoms with Crippen LogP contribution < -0.4 is 5.14 Å². The molecule has 0 aliphatic rings. The Morgan fingerprint density at radius 2 is 2.00 bits per heavy atom. The van der Waals surface area contributed by atoms with Crippen molar-refractivity contribution in [3.05, 3.63) is 27.7 Å². The monoisotopic (exact) mass is 293 g/mol. The van der Waals surface area contributed by atoms with Gasteiger partial charge in [0.1, 0.15) is 0 Å². The molecule has 0 aliphatic carbocycles. The van der Waals surface area contributed by atoms with Crippen LogP contribution in [0.25, 0.3) is 0 Å². The fourth-order valence-electron chi connectivity index (χ4n) is 1.07. The molecule has 0 bridgehead atoms. The van der Waals surface area contributed by atoms with Gasteiger partial charge in [0.05, 0.1) is 10.5 Å². The minimum absolute atomic E-state index is 0.128. The second-order valence-corrected chi connectivity index (χ2v) is 5.32. The molecule has 0 fully saturated rings. The summed E-state index contributed by atoms with van der Waals surface area (Å²) >= 11 is 3.07. The molecule has 0 aromatic heterocycles. The first-order valence-electron chi connectivity index (χ1n) is 3.79. The predicted octanol–water partition coefficient (Wildman–Crippen LogP) is 1.10. The van der Waals surface area contributed by atoms with Crippen molar-refractivity contribution in [3.63, 3.8) is 0 Å². The number of benzene rings is 1. The van der Waals surface area contributed by atoms with Crippen molar-refractivity contribution in [2.45, 2.75) is 11.8 Å². The van der Waals surface area contributed by atoms with Crippen molar-refractivity contribution >= 4 is 31.9 Å². The van der Waals surface area contributed by atoms with E-state index in [2.05, 4.69) is 15.9 Å². The van der Waals surface area contributed by atoms with Crippen LogP contribution in [0.1, 0.15) is 15.9 Å². The normalized spacial score (nSPS) is 11.4. The van der Waals surface area contributed by atoms with Gasteiger partial charge in [0.15, 0.2) is 0 Å². The Morgan fingerprint density at radius 3 is 2.40 bits per heavy atom. The Kier molecular flexibility index (Phi) is 3.17. The Hall–Kier alpha value is -0.920. The van der Waals surface area contributed by atoms with Crippen molar-refractivity contribution in [1.29, 1.82) is 0 Å². The molecule has 5 nitrogen and oxygen atoms in total. The summed E-state index contributed by atoms with van der Waals surface area (Å²) in [5, 5.41) is 13.7. The number of rotatable bonds is 2. The van der Waals surface area contributed by atoms with Gasteiger partial charge in [-0.15, -0.1) is 0 Å². The van der Waals surface area contributed by atoms with Gasteiger partial charge in [-0.05, 0) is 24.6 Å². The molecule has 0 unspecified atom stereocenters. The molecule has 3 N–H and O–H groups in total. The number of carboxylic acid groups (broad SMARTS) is 1. The molecule has 1 aromatic carbocycles. The number of carboxylic acids is 1. The molecule has 15 heavy (non-hydrogen) atoms. The average molecular weight is 294 g/mol. The van der Waals surface area contributed by atoms with Crippen LogP contribution >= 0.6 is 15.9 Å². The Bertz CT molecular complexity index is 524. The Balaban J connectivity index is 3.59. The van der Waals surface area contributed by atoms with Crippen molar-refractivity contribution in [2.75, 3.05) is 0 Å². The molecule has 0 radical (unpaired) electrons. The number of hydrogen-bond acceptors (Lipinski definition) is 3. The van der Waals surface area contributed by atoms with E-state index in [0.29, 0.717) is 10.0 Å². The number of hydrogen-bond donors (Lipinski definition) is 2. The van der Waals surface area contributed by atoms with E-state index >= 15 is 0 Å². The van der Waals surface area contributed by atoms with E-state index in [1.165, 1.54) is 13.0 Å². The summed E-state index contributed by atoms with van der Waals surface area (Å²) in [6, 6.07) is 2.37. The van der Waals surface area contributed by atoms with E-state index in [1.54, 1.807) is 0 Å². The molecule has 0 heterocycles. The molecular formula is C8H8BrNO4S. The summed E-state index contributed by atoms with van der Waals surface area (Å²) in [5.74, 6) is -1.21. The molecular weight excluding hydrogens is 286 g/mol. The quantitative estimate of drug-likeness (QED) is 0.853. The van der Waals surface area contributed by atoms with Gasteiger partial charge in [-0.2, -0.15) is 0 Å². The van der Waals surface area contributed by atoms with Crippen LogP contribution in [0.15, 0.2) is 21.5 Å². The van der Waals surface area contributed by atoms with Gasteiger partial charge in [-0.3, -0.25) is 0 Å². The van der Waals surface area contributed by atoms with Crippen LogP contribution in [0.2, 0.25) is 0 Å². The van der Waals surface area contributed by atoms with Gasteiger partial charge in [-0.1, -0.05) is 15.9 Å². The molecule has 0 atom stereocenters. The minimum Gasteiger partial charge on any atom is -0.478 e. The zero-order valence-electron chi connectivity index (χ0n) is 7.69.